The Bertz CT molecular complexity index is 1160. The van der Waals surface area contributed by atoms with E-state index in [1.54, 1.807) is 0 Å². The monoisotopic (exact) mass is 383 g/mol. The number of rotatable bonds is 6. The SMILES string of the molecule is CCC(Cc1ccc(C)cc1)n1c(=N)n(Cc2ccc(C)cc2)c2ccccc21. The molecule has 0 amide bonds. The highest BCUT2D eigenvalue weighted by Crippen LogP contribution is 2.23. The predicted octanol–water partition coefficient (Wildman–Crippen LogP) is 5.78. The smallest absolute Gasteiger partial charge is 0.203 e. The molecule has 3 nitrogen and oxygen atoms in total. The minimum absolute atomic E-state index is 0.259. The molecule has 1 unspecified atom stereocenters. The molecule has 0 saturated carbocycles. The second-order valence-electron chi connectivity index (χ2n) is 8.01. The summed E-state index contributed by atoms with van der Waals surface area (Å²) < 4.78 is 4.36. The van der Waals surface area contributed by atoms with Gasteiger partial charge in [-0.25, -0.2) is 0 Å². The van der Waals surface area contributed by atoms with E-state index in [1.165, 1.54) is 22.3 Å². The number of aromatic nitrogens is 2. The van der Waals surface area contributed by atoms with Crippen LogP contribution >= 0.6 is 0 Å². The lowest BCUT2D eigenvalue weighted by Crippen LogP contribution is -2.29. The number of nitrogens with zero attached hydrogens (tertiary/aromatic N) is 2. The molecule has 0 aliphatic heterocycles. The fourth-order valence-electron chi connectivity index (χ4n) is 4.07. The Hall–Kier alpha value is -3.07. The average molecular weight is 384 g/mol. The molecule has 0 spiro atoms. The van der Waals surface area contributed by atoms with E-state index in [4.69, 9.17) is 5.41 Å². The van der Waals surface area contributed by atoms with E-state index in [0.29, 0.717) is 12.2 Å². The molecular weight excluding hydrogens is 354 g/mol. The zero-order valence-electron chi connectivity index (χ0n) is 17.5. The van der Waals surface area contributed by atoms with Crippen molar-refractivity contribution in [2.24, 2.45) is 0 Å². The maximum absolute atomic E-state index is 9.03. The number of imidazole rings is 1. The lowest BCUT2D eigenvalue weighted by Gasteiger charge is -2.18. The first kappa shape index (κ1) is 19.3. The second kappa shape index (κ2) is 8.12. The molecule has 0 aliphatic rings. The van der Waals surface area contributed by atoms with Crippen molar-refractivity contribution in [3.8, 4) is 0 Å². The summed E-state index contributed by atoms with van der Waals surface area (Å²) >= 11 is 0. The topological polar surface area (TPSA) is 33.7 Å². The second-order valence-corrected chi connectivity index (χ2v) is 8.01. The van der Waals surface area contributed by atoms with Gasteiger partial charge in [0.25, 0.3) is 0 Å². The van der Waals surface area contributed by atoms with Gasteiger partial charge in [0.05, 0.1) is 17.6 Å². The van der Waals surface area contributed by atoms with Crippen LogP contribution in [0.1, 0.15) is 41.6 Å². The fourth-order valence-corrected chi connectivity index (χ4v) is 4.07. The van der Waals surface area contributed by atoms with E-state index < -0.39 is 0 Å². The highest BCUT2D eigenvalue weighted by molar-refractivity contribution is 5.76. The number of hydrogen-bond acceptors (Lipinski definition) is 1. The first-order chi connectivity index (χ1) is 14.1. The van der Waals surface area contributed by atoms with Gasteiger partial charge in [-0.05, 0) is 49.9 Å². The molecule has 29 heavy (non-hydrogen) atoms. The predicted molar refractivity (Wildman–Crippen MR) is 120 cm³/mol. The van der Waals surface area contributed by atoms with Crippen LogP contribution in [-0.4, -0.2) is 9.13 Å². The third kappa shape index (κ3) is 3.91. The van der Waals surface area contributed by atoms with Gasteiger partial charge in [0.15, 0.2) is 0 Å². The van der Waals surface area contributed by atoms with Gasteiger partial charge in [-0.2, -0.15) is 0 Å². The van der Waals surface area contributed by atoms with Crippen LogP contribution in [0.2, 0.25) is 0 Å². The number of benzene rings is 3. The molecule has 0 aliphatic carbocycles. The maximum Gasteiger partial charge on any atom is 0.203 e. The molecule has 4 rings (SSSR count). The third-order valence-electron chi connectivity index (χ3n) is 5.81. The van der Waals surface area contributed by atoms with E-state index in [2.05, 4.69) is 103 Å². The maximum atomic E-state index is 9.03. The van der Waals surface area contributed by atoms with Crippen molar-refractivity contribution in [3.63, 3.8) is 0 Å². The summed E-state index contributed by atoms with van der Waals surface area (Å²) in [5, 5.41) is 9.03. The Morgan fingerprint density at radius 2 is 1.31 bits per heavy atom. The van der Waals surface area contributed by atoms with Gasteiger partial charge in [-0.1, -0.05) is 78.7 Å². The van der Waals surface area contributed by atoms with Crippen LogP contribution in [0.3, 0.4) is 0 Å². The number of hydrogen-bond donors (Lipinski definition) is 1. The summed E-state index contributed by atoms with van der Waals surface area (Å²) in [4.78, 5) is 0. The van der Waals surface area contributed by atoms with Crippen molar-refractivity contribution in [1.29, 1.82) is 5.41 Å². The molecule has 148 valence electrons. The van der Waals surface area contributed by atoms with E-state index in [9.17, 15) is 0 Å². The normalized spacial score (nSPS) is 12.4. The van der Waals surface area contributed by atoms with Crippen molar-refractivity contribution in [2.45, 2.75) is 46.2 Å². The minimum Gasteiger partial charge on any atom is -0.307 e. The Labute approximate surface area is 172 Å². The van der Waals surface area contributed by atoms with E-state index in [0.717, 1.165) is 23.9 Å². The van der Waals surface area contributed by atoms with Gasteiger partial charge in [0.1, 0.15) is 0 Å². The molecule has 0 bridgehead atoms. The highest BCUT2D eigenvalue weighted by Gasteiger charge is 2.18. The molecule has 1 heterocycles. The van der Waals surface area contributed by atoms with Crippen LogP contribution in [0.4, 0.5) is 0 Å². The Morgan fingerprint density at radius 3 is 1.90 bits per heavy atom. The molecule has 1 N–H and O–H groups in total. The largest absolute Gasteiger partial charge is 0.307 e. The van der Waals surface area contributed by atoms with Crippen LogP contribution in [0, 0.1) is 19.3 Å². The lowest BCUT2D eigenvalue weighted by molar-refractivity contribution is 0.463. The molecule has 4 aromatic rings. The molecule has 0 saturated heterocycles. The summed E-state index contributed by atoms with van der Waals surface area (Å²) in [6, 6.07) is 26.1. The van der Waals surface area contributed by atoms with Crippen LogP contribution in [0.15, 0.2) is 72.8 Å². The van der Waals surface area contributed by atoms with E-state index in [1.807, 2.05) is 0 Å². The van der Waals surface area contributed by atoms with Crippen molar-refractivity contribution < 1.29 is 0 Å². The number of fused-ring (bicyclic) bond motifs is 1. The molecule has 0 radical (unpaired) electrons. The minimum atomic E-state index is 0.259. The van der Waals surface area contributed by atoms with Crippen LogP contribution in [0.25, 0.3) is 11.0 Å². The van der Waals surface area contributed by atoms with Gasteiger partial charge in [-0.15, -0.1) is 0 Å². The molecule has 1 aromatic heterocycles. The third-order valence-corrected chi connectivity index (χ3v) is 5.81. The molecule has 3 heteroatoms. The van der Waals surface area contributed by atoms with Gasteiger partial charge < -0.3 is 9.13 Å². The Kier molecular flexibility index (Phi) is 5.39. The molecule has 1 atom stereocenters. The number of para-hydroxylation sites is 2. The van der Waals surface area contributed by atoms with Gasteiger partial charge in [-0.3, -0.25) is 5.41 Å². The van der Waals surface area contributed by atoms with E-state index in [-0.39, 0.29) is 6.04 Å². The van der Waals surface area contributed by atoms with Crippen molar-refractivity contribution in [2.75, 3.05) is 0 Å². The van der Waals surface area contributed by atoms with Crippen LogP contribution in [0.5, 0.6) is 0 Å². The standard InChI is InChI=1S/C26H29N3/c1-4-23(17-21-13-9-19(2)10-14-21)29-25-8-6-5-7-24(25)28(26(29)27)18-22-15-11-20(3)12-16-22/h5-16,23,27H,4,17-18H2,1-3H3. The summed E-state index contributed by atoms with van der Waals surface area (Å²) in [6.45, 7) is 7.16. The van der Waals surface area contributed by atoms with Crippen molar-refractivity contribution in [1.82, 2.24) is 9.13 Å². The summed E-state index contributed by atoms with van der Waals surface area (Å²) in [5.74, 6) is 0. The quantitative estimate of drug-likeness (QED) is 0.438. The average Bonchev–Trinajstić information content (AvgIpc) is 3.01. The van der Waals surface area contributed by atoms with Crippen molar-refractivity contribution in [3.05, 3.63) is 101 Å². The highest BCUT2D eigenvalue weighted by atomic mass is 15.2. The van der Waals surface area contributed by atoms with Crippen molar-refractivity contribution >= 4 is 11.0 Å². The molecule has 0 fully saturated rings. The van der Waals surface area contributed by atoms with Crippen LogP contribution < -0.4 is 5.62 Å². The first-order valence-electron chi connectivity index (χ1n) is 10.4. The first-order valence-corrected chi connectivity index (χ1v) is 10.4. The van der Waals surface area contributed by atoms with Gasteiger partial charge >= 0.3 is 0 Å². The number of nitrogens with one attached hydrogen (secondary N) is 1. The Balaban J connectivity index is 1.77. The van der Waals surface area contributed by atoms with Crippen LogP contribution in [-0.2, 0) is 13.0 Å². The summed E-state index contributed by atoms with van der Waals surface area (Å²) in [7, 11) is 0. The zero-order chi connectivity index (χ0) is 20.4. The molecule has 3 aromatic carbocycles. The van der Waals surface area contributed by atoms with Gasteiger partial charge in [0, 0.05) is 6.04 Å². The number of aryl methyl sites for hydroxylation is 2. The van der Waals surface area contributed by atoms with E-state index >= 15 is 0 Å². The fraction of sp³-hybridized carbons (Fsp3) is 0.269. The Morgan fingerprint density at radius 1 is 0.759 bits per heavy atom. The lowest BCUT2D eigenvalue weighted by atomic mass is 10.0. The van der Waals surface area contributed by atoms with Gasteiger partial charge in [0.2, 0.25) is 5.62 Å². The zero-order valence-corrected chi connectivity index (χ0v) is 17.5. The summed E-state index contributed by atoms with van der Waals surface area (Å²) in [6.07, 6.45) is 1.93. The summed E-state index contributed by atoms with van der Waals surface area (Å²) in [5.41, 5.74) is 7.93. The molecular formula is C26H29N3.